The van der Waals surface area contributed by atoms with Crippen LogP contribution in [0, 0.1) is 0 Å². The lowest BCUT2D eigenvalue weighted by Crippen LogP contribution is -2.11. The molecule has 0 saturated heterocycles. The minimum Gasteiger partial charge on any atom is -0.238 e. The number of hydrogen-bond donors (Lipinski definition) is 0. The number of hydrogen-bond acceptors (Lipinski definition) is 2. The van der Waals surface area contributed by atoms with Gasteiger partial charge in [-0.05, 0) is 50.5 Å². The Balaban J connectivity index is 2.52. The maximum Gasteiger partial charge on any atom is 0.128 e. The average molecular weight is 894 g/mol. The summed E-state index contributed by atoms with van der Waals surface area (Å²) >= 11 is 0. The van der Waals surface area contributed by atoms with Crippen LogP contribution in [-0.4, -0.2) is 9.97 Å². The van der Waals surface area contributed by atoms with Crippen LogP contribution in [-0.2, 0) is 25.7 Å². The molecule has 0 radical (unpaired) electrons. The highest BCUT2D eigenvalue weighted by molar-refractivity contribution is 5.27. The first-order valence-electron chi connectivity index (χ1n) is 30.6. The van der Waals surface area contributed by atoms with E-state index in [1.165, 1.54) is 352 Å². The van der Waals surface area contributed by atoms with Gasteiger partial charge in [0.15, 0.2) is 0 Å². The van der Waals surface area contributed by atoms with Crippen molar-refractivity contribution in [2.24, 2.45) is 0 Å². The molecule has 0 atom stereocenters. The van der Waals surface area contributed by atoms with Gasteiger partial charge in [0.05, 0.1) is 0 Å². The van der Waals surface area contributed by atoms with Crippen molar-refractivity contribution in [2.45, 2.75) is 374 Å². The lowest BCUT2D eigenvalue weighted by atomic mass is 9.96. The van der Waals surface area contributed by atoms with E-state index in [0.29, 0.717) is 0 Å². The van der Waals surface area contributed by atoms with E-state index >= 15 is 0 Å². The molecule has 2 nitrogen and oxygen atoms in total. The molecule has 0 saturated carbocycles. The van der Waals surface area contributed by atoms with E-state index in [1.54, 1.807) is 5.56 Å². The Morgan fingerprint density at radius 2 is 0.375 bits per heavy atom. The van der Waals surface area contributed by atoms with Crippen LogP contribution in [0.2, 0.25) is 0 Å². The first-order chi connectivity index (χ1) is 31.8. The van der Waals surface area contributed by atoms with Crippen molar-refractivity contribution in [3.8, 4) is 0 Å². The third-order valence-electron chi connectivity index (χ3n) is 14.8. The van der Waals surface area contributed by atoms with Crippen molar-refractivity contribution < 1.29 is 0 Å². The summed E-state index contributed by atoms with van der Waals surface area (Å²) in [5.74, 6) is 1.16. The van der Waals surface area contributed by atoms with E-state index in [-0.39, 0.29) is 0 Å². The molecular formula is C62H120N2. The highest BCUT2D eigenvalue weighted by Crippen LogP contribution is 2.24. The van der Waals surface area contributed by atoms with Crippen LogP contribution in [0.3, 0.4) is 0 Å². The van der Waals surface area contributed by atoms with Gasteiger partial charge in [0.2, 0.25) is 0 Å². The predicted octanol–water partition coefficient (Wildman–Crippen LogP) is 22.2. The molecule has 1 heterocycles. The molecule has 0 fully saturated rings. The molecule has 1 aromatic rings. The van der Waals surface area contributed by atoms with Gasteiger partial charge in [-0.25, -0.2) is 9.97 Å². The van der Waals surface area contributed by atoms with Gasteiger partial charge in [0.1, 0.15) is 5.82 Å². The molecule has 0 N–H and O–H groups in total. The third-order valence-corrected chi connectivity index (χ3v) is 14.8. The molecule has 64 heavy (non-hydrogen) atoms. The maximum atomic E-state index is 5.38. The molecular weight excluding hydrogens is 773 g/mol. The van der Waals surface area contributed by atoms with Gasteiger partial charge >= 0.3 is 0 Å². The summed E-state index contributed by atoms with van der Waals surface area (Å²) in [6.07, 6.45) is 76.0. The normalized spacial score (nSPS) is 11.7. The van der Waals surface area contributed by atoms with Crippen LogP contribution < -0.4 is 0 Å². The van der Waals surface area contributed by atoms with E-state index in [9.17, 15) is 0 Å². The van der Waals surface area contributed by atoms with Gasteiger partial charge in [-0.1, -0.05) is 323 Å². The highest BCUT2D eigenvalue weighted by Gasteiger charge is 2.15. The topological polar surface area (TPSA) is 25.8 Å². The van der Waals surface area contributed by atoms with Gasteiger partial charge in [0.25, 0.3) is 0 Å². The van der Waals surface area contributed by atoms with E-state index < -0.39 is 0 Å². The Labute approximate surface area is 405 Å². The van der Waals surface area contributed by atoms with Crippen LogP contribution in [0.15, 0.2) is 0 Å². The zero-order valence-corrected chi connectivity index (χ0v) is 45.1. The van der Waals surface area contributed by atoms with E-state index in [1.807, 2.05) is 0 Å². The monoisotopic (exact) mass is 893 g/mol. The van der Waals surface area contributed by atoms with Crippen LogP contribution in [0.5, 0.6) is 0 Å². The quantitative estimate of drug-likeness (QED) is 0.0609. The summed E-state index contributed by atoms with van der Waals surface area (Å²) in [7, 11) is 0. The van der Waals surface area contributed by atoms with Crippen molar-refractivity contribution in [2.75, 3.05) is 0 Å². The Morgan fingerprint density at radius 1 is 0.188 bits per heavy atom. The van der Waals surface area contributed by atoms with Crippen LogP contribution in [0.1, 0.15) is 372 Å². The van der Waals surface area contributed by atoms with Crippen LogP contribution >= 0.6 is 0 Å². The average Bonchev–Trinajstić information content (AvgIpc) is 3.30. The molecule has 0 unspecified atom stereocenters. The molecule has 1 rings (SSSR count). The number of nitrogens with zero attached hydrogens (tertiary/aromatic N) is 2. The minimum atomic E-state index is 1.06. The molecule has 378 valence electrons. The SMILES string of the molecule is CCCCCCCCCCCCCCCCCCc1nc(CCCC)nc(CCCCCCCCCCCCCCCCCC)c1CCCCCCCCCCCCCCCCCC. The lowest BCUT2D eigenvalue weighted by Gasteiger charge is -2.16. The first-order valence-corrected chi connectivity index (χ1v) is 30.6. The fourth-order valence-corrected chi connectivity index (χ4v) is 10.3. The van der Waals surface area contributed by atoms with Crippen LogP contribution in [0.25, 0.3) is 0 Å². The summed E-state index contributed by atoms with van der Waals surface area (Å²) in [6.45, 7) is 9.28. The predicted molar refractivity (Wildman–Crippen MR) is 290 cm³/mol. The van der Waals surface area contributed by atoms with Crippen molar-refractivity contribution in [1.82, 2.24) is 9.97 Å². The molecule has 0 spiro atoms. The summed E-state index contributed by atoms with van der Waals surface area (Å²) < 4.78 is 0. The Kier molecular flexibility index (Phi) is 49.1. The van der Waals surface area contributed by atoms with E-state index in [0.717, 1.165) is 12.2 Å². The minimum absolute atomic E-state index is 1.06. The molecule has 2 heteroatoms. The van der Waals surface area contributed by atoms with Crippen LogP contribution in [0.4, 0.5) is 0 Å². The highest BCUT2D eigenvalue weighted by atomic mass is 14.9. The molecule has 0 aromatic carbocycles. The zero-order valence-electron chi connectivity index (χ0n) is 45.1. The maximum absolute atomic E-state index is 5.38. The summed E-state index contributed by atoms with van der Waals surface area (Å²) in [4.78, 5) is 10.8. The Morgan fingerprint density at radius 3 is 0.594 bits per heavy atom. The lowest BCUT2D eigenvalue weighted by molar-refractivity contribution is 0.526. The second-order valence-corrected chi connectivity index (χ2v) is 21.3. The summed E-state index contributed by atoms with van der Waals surface area (Å²) in [6, 6.07) is 0. The van der Waals surface area contributed by atoms with Crippen molar-refractivity contribution in [1.29, 1.82) is 0 Å². The van der Waals surface area contributed by atoms with Gasteiger partial charge in [-0.15, -0.1) is 0 Å². The number of rotatable bonds is 54. The fourth-order valence-electron chi connectivity index (χ4n) is 10.3. The smallest absolute Gasteiger partial charge is 0.128 e. The molecule has 0 amide bonds. The standard InChI is InChI=1S/C62H120N2/c1-5-9-13-16-19-22-25-28-31-34-37-40-43-46-49-52-55-59-60(56-53-50-47-44-41-38-35-32-29-26-23-20-17-14-10-6-2)63-62(58-12-8-4)64-61(59)57-54-51-48-45-42-39-36-33-30-27-24-21-18-15-11-7-3/h5-58H2,1-4H3. The largest absolute Gasteiger partial charge is 0.238 e. The van der Waals surface area contributed by atoms with Gasteiger partial charge < -0.3 is 0 Å². The van der Waals surface area contributed by atoms with Gasteiger partial charge in [0, 0.05) is 17.8 Å². The second kappa shape index (κ2) is 51.5. The van der Waals surface area contributed by atoms with Gasteiger partial charge in [-0.3, -0.25) is 0 Å². The second-order valence-electron chi connectivity index (χ2n) is 21.3. The number of unbranched alkanes of at least 4 members (excludes halogenated alkanes) is 46. The van der Waals surface area contributed by atoms with E-state index in [2.05, 4.69) is 27.7 Å². The molecule has 0 aliphatic carbocycles. The molecule has 0 aliphatic heterocycles. The van der Waals surface area contributed by atoms with E-state index in [4.69, 9.17) is 9.97 Å². The Bertz CT molecular complexity index is 975. The summed E-state index contributed by atoms with van der Waals surface area (Å²) in [5, 5.41) is 0. The van der Waals surface area contributed by atoms with Crippen molar-refractivity contribution in [3.05, 3.63) is 22.8 Å². The third kappa shape index (κ3) is 41.3. The van der Waals surface area contributed by atoms with Gasteiger partial charge in [-0.2, -0.15) is 0 Å². The molecule has 1 aromatic heterocycles. The Hall–Kier alpha value is -0.920. The zero-order chi connectivity index (χ0) is 45.9. The first kappa shape index (κ1) is 61.1. The number of aromatic nitrogens is 2. The summed E-state index contributed by atoms with van der Waals surface area (Å²) in [5.41, 5.74) is 4.50. The van der Waals surface area contributed by atoms with Crippen molar-refractivity contribution in [3.63, 3.8) is 0 Å². The molecule has 0 bridgehead atoms. The van der Waals surface area contributed by atoms with Crippen molar-refractivity contribution >= 4 is 0 Å². The molecule has 0 aliphatic rings. The fraction of sp³-hybridized carbons (Fsp3) is 0.935. The number of aryl methyl sites for hydroxylation is 3.